The van der Waals surface area contributed by atoms with Crippen LogP contribution in [0.3, 0.4) is 0 Å². The highest BCUT2D eigenvalue weighted by molar-refractivity contribution is 6.33. The van der Waals surface area contributed by atoms with Crippen LogP contribution in [-0.4, -0.2) is 57.9 Å². The van der Waals surface area contributed by atoms with Gasteiger partial charge in [-0.1, -0.05) is 25.4 Å². The van der Waals surface area contributed by atoms with Crippen LogP contribution >= 0.6 is 11.6 Å². The number of halogens is 1. The molecular weight excluding hydrogens is 300 g/mol. The molecule has 0 saturated carbocycles. The minimum atomic E-state index is -0.0527. The van der Waals surface area contributed by atoms with Gasteiger partial charge in [0.15, 0.2) is 5.69 Å². The number of fused-ring (bicyclic) bond motifs is 1. The smallest absolute Gasteiger partial charge is 0.274 e. The van der Waals surface area contributed by atoms with Gasteiger partial charge in [-0.3, -0.25) is 9.69 Å². The van der Waals surface area contributed by atoms with Gasteiger partial charge in [0.25, 0.3) is 5.91 Å². The second-order valence-electron chi connectivity index (χ2n) is 6.52. The monoisotopic (exact) mass is 322 g/mol. The van der Waals surface area contributed by atoms with E-state index in [1.807, 2.05) is 18.7 Å². The molecule has 120 valence electrons. The lowest BCUT2D eigenvalue weighted by Crippen LogP contribution is -2.40. The van der Waals surface area contributed by atoms with E-state index in [4.69, 9.17) is 11.6 Å². The Labute approximate surface area is 136 Å². The Balaban J connectivity index is 1.82. The molecule has 6 heteroatoms. The number of amides is 1. The van der Waals surface area contributed by atoms with Crippen LogP contribution < -0.4 is 0 Å². The zero-order valence-electron chi connectivity index (χ0n) is 13.3. The van der Waals surface area contributed by atoms with Crippen molar-refractivity contribution in [2.24, 2.45) is 0 Å². The van der Waals surface area contributed by atoms with Crippen molar-refractivity contribution in [3.63, 3.8) is 0 Å². The van der Waals surface area contributed by atoms with E-state index in [1.54, 1.807) is 6.20 Å². The standard InChI is InChI=1S/C16H23ClN4O/c1-11(2)15-18-9-13(17)14(19-15)16(22)21-8-4-7-20-6-3-5-12(20)10-21/h9,11-12H,3-8,10H2,1-2H3/t12-/m1/s1. The van der Waals surface area contributed by atoms with Crippen LogP contribution in [0.1, 0.15) is 55.3 Å². The zero-order valence-corrected chi connectivity index (χ0v) is 14.0. The first-order valence-electron chi connectivity index (χ1n) is 8.12. The van der Waals surface area contributed by atoms with E-state index in [1.165, 1.54) is 19.4 Å². The molecule has 1 aromatic heterocycles. The summed E-state index contributed by atoms with van der Waals surface area (Å²) >= 11 is 6.18. The minimum absolute atomic E-state index is 0.0527. The third kappa shape index (κ3) is 3.10. The molecular formula is C16H23ClN4O. The molecule has 0 bridgehead atoms. The van der Waals surface area contributed by atoms with Crippen molar-refractivity contribution in [1.82, 2.24) is 19.8 Å². The topological polar surface area (TPSA) is 49.3 Å². The molecule has 1 atom stereocenters. The highest BCUT2D eigenvalue weighted by Crippen LogP contribution is 2.24. The maximum atomic E-state index is 12.9. The molecule has 0 N–H and O–H groups in total. The summed E-state index contributed by atoms with van der Waals surface area (Å²) in [6.45, 7) is 7.85. The number of carbonyl (C=O) groups excluding carboxylic acids is 1. The van der Waals surface area contributed by atoms with Gasteiger partial charge in [0, 0.05) is 31.6 Å². The van der Waals surface area contributed by atoms with Gasteiger partial charge in [0.2, 0.25) is 0 Å². The van der Waals surface area contributed by atoms with Crippen molar-refractivity contribution in [3.05, 3.63) is 22.7 Å². The Hall–Kier alpha value is -1.20. The van der Waals surface area contributed by atoms with Gasteiger partial charge >= 0.3 is 0 Å². The fraction of sp³-hybridized carbons (Fsp3) is 0.688. The molecule has 0 radical (unpaired) electrons. The summed E-state index contributed by atoms with van der Waals surface area (Å²) in [5.74, 6) is 0.798. The molecule has 3 heterocycles. The van der Waals surface area contributed by atoms with E-state index in [2.05, 4.69) is 14.9 Å². The number of nitrogens with zero attached hydrogens (tertiary/aromatic N) is 4. The van der Waals surface area contributed by atoms with E-state index in [0.29, 0.717) is 22.6 Å². The predicted octanol–water partition coefficient (Wildman–Crippen LogP) is 2.56. The summed E-state index contributed by atoms with van der Waals surface area (Å²) < 4.78 is 0. The molecule has 2 fully saturated rings. The summed E-state index contributed by atoms with van der Waals surface area (Å²) in [6.07, 6.45) is 4.98. The van der Waals surface area contributed by atoms with Gasteiger partial charge in [0.1, 0.15) is 5.82 Å². The summed E-state index contributed by atoms with van der Waals surface area (Å²) in [5, 5.41) is 0.349. The Morgan fingerprint density at radius 3 is 2.86 bits per heavy atom. The molecule has 2 saturated heterocycles. The lowest BCUT2D eigenvalue weighted by Gasteiger charge is -2.25. The van der Waals surface area contributed by atoms with Gasteiger partial charge in [-0.25, -0.2) is 9.97 Å². The van der Waals surface area contributed by atoms with E-state index in [0.717, 1.165) is 26.1 Å². The first-order valence-corrected chi connectivity index (χ1v) is 8.50. The van der Waals surface area contributed by atoms with Crippen molar-refractivity contribution >= 4 is 17.5 Å². The molecule has 0 aliphatic carbocycles. The number of hydrogen-bond acceptors (Lipinski definition) is 4. The number of carbonyl (C=O) groups is 1. The molecule has 0 spiro atoms. The van der Waals surface area contributed by atoms with Gasteiger partial charge in [-0.2, -0.15) is 0 Å². The van der Waals surface area contributed by atoms with Crippen molar-refractivity contribution in [2.75, 3.05) is 26.2 Å². The number of aromatic nitrogens is 2. The van der Waals surface area contributed by atoms with Crippen molar-refractivity contribution < 1.29 is 4.79 Å². The lowest BCUT2D eigenvalue weighted by atomic mass is 10.2. The maximum absolute atomic E-state index is 12.9. The van der Waals surface area contributed by atoms with Crippen molar-refractivity contribution in [1.29, 1.82) is 0 Å². The Bertz CT molecular complexity index is 563. The normalized spacial score (nSPS) is 22.7. The average molecular weight is 323 g/mol. The van der Waals surface area contributed by atoms with Gasteiger partial charge < -0.3 is 4.90 Å². The lowest BCUT2D eigenvalue weighted by molar-refractivity contribution is 0.0737. The third-order valence-electron chi connectivity index (χ3n) is 4.57. The van der Waals surface area contributed by atoms with Crippen LogP contribution in [0.25, 0.3) is 0 Å². The van der Waals surface area contributed by atoms with E-state index in [9.17, 15) is 4.79 Å². The second kappa shape index (κ2) is 6.50. The van der Waals surface area contributed by atoms with Gasteiger partial charge in [-0.15, -0.1) is 0 Å². The molecule has 2 aliphatic heterocycles. The Kier molecular flexibility index (Phi) is 4.64. The molecule has 22 heavy (non-hydrogen) atoms. The Morgan fingerprint density at radius 1 is 1.32 bits per heavy atom. The molecule has 0 aromatic carbocycles. The molecule has 0 unspecified atom stereocenters. The summed E-state index contributed by atoms with van der Waals surface area (Å²) in [5.41, 5.74) is 0.354. The maximum Gasteiger partial charge on any atom is 0.274 e. The molecule has 3 rings (SSSR count). The van der Waals surface area contributed by atoms with Crippen LogP contribution in [0.15, 0.2) is 6.20 Å². The first kappa shape index (κ1) is 15.7. The molecule has 1 amide bonds. The fourth-order valence-electron chi connectivity index (χ4n) is 3.35. The average Bonchev–Trinajstić information content (AvgIpc) is 2.84. The number of rotatable bonds is 2. The highest BCUT2D eigenvalue weighted by Gasteiger charge is 2.32. The third-order valence-corrected chi connectivity index (χ3v) is 4.85. The summed E-state index contributed by atoms with van der Waals surface area (Å²) in [4.78, 5) is 25.9. The first-order chi connectivity index (χ1) is 10.6. The van der Waals surface area contributed by atoms with Crippen LogP contribution in [0.5, 0.6) is 0 Å². The van der Waals surface area contributed by atoms with E-state index < -0.39 is 0 Å². The fourth-order valence-corrected chi connectivity index (χ4v) is 3.52. The highest BCUT2D eigenvalue weighted by atomic mass is 35.5. The zero-order chi connectivity index (χ0) is 15.7. The quantitative estimate of drug-likeness (QED) is 0.839. The Morgan fingerprint density at radius 2 is 2.09 bits per heavy atom. The van der Waals surface area contributed by atoms with Gasteiger partial charge in [0.05, 0.1) is 11.2 Å². The van der Waals surface area contributed by atoms with Crippen molar-refractivity contribution in [2.45, 2.75) is 45.1 Å². The number of hydrogen-bond donors (Lipinski definition) is 0. The largest absolute Gasteiger partial charge is 0.336 e. The van der Waals surface area contributed by atoms with Crippen LogP contribution in [0.4, 0.5) is 0 Å². The van der Waals surface area contributed by atoms with Crippen LogP contribution in [0.2, 0.25) is 5.02 Å². The predicted molar refractivity (Wildman–Crippen MR) is 86.2 cm³/mol. The summed E-state index contributed by atoms with van der Waals surface area (Å²) in [7, 11) is 0. The molecule has 5 nitrogen and oxygen atoms in total. The van der Waals surface area contributed by atoms with Crippen LogP contribution in [-0.2, 0) is 0 Å². The second-order valence-corrected chi connectivity index (χ2v) is 6.92. The minimum Gasteiger partial charge on any atom is -0.336 e. The van der Waals surface area contributed by atoms with Gasteiger partial charge in [-0.05, 0) is 25.8 Å². The van der Waals surface area contributed by atoms with Crippen molar-refractivity contribution in [3.8, 4) is 0 Å². The summed E-state index contributed by atoms with van der Waals surface area (Å²) in [6, 6.07) is 0.497. The SMILES string of the molecule is CC(C)c1ncc(Cl)c(C(=O)N2CCCN3CCC[C@@H]3C2)n1. The van der Waals surface area contributed by atoms with Crippen LogP contribution in [0, 0.1) is 0 Å². The van der Waals surface area contributed by atoms with E-state index >= 15 is 0 Å². The van der Waals surface area contributed by atoms with E-state index in [-0.39, 0.29) is 11.8 Å². The molecule has 2 aliphatic rings. The molecule has 1 aromatic rings.